The molecule has 5 heterocycles. The van der Waals surface area contributed by atoms with Gasteiger partial charge in [0.1, 0.15) is 11.3 Å². The molecule has 0 unspecified atom stereocenters. The van der Waals surface area contributed by atoms with Crippen LogP contribution in [0, 0.1) is 18.0 Å². The van der Waals surface area contributed by atoms with Crippen LogP contribution < -0.4 is 14.9 Å². The zero-order chi connectivity index (χ0) is 30.7. The van der Waals surface area contributed by atoms with Crippen molar-refractivity contribution in [2.75, 3.05) is 24.5 Å². The van der Waals surface area contributed by atoms with Gasteiger partial charge in [-0.05, 0) is 41.4 Å². The third kappa shape index (κ3) is 4.98. The van der Waals surface area contributed by atoms with Crippen LogP contribution in [-0.2, 0) is 19.6 Å². The van der Waals surface area contributed by atoms with E-state index in [-0.39, 0.29) is 12.5 Å². The highest BCUT2D eigenvalue weighted by Gasteiger charge is 2.40. The Labute approximate surface area is 253 Å². The lowest BCUT2D eigenvalue weighted by Crippen LogP contribution is -2.52. The van der Waals surface area contributed by atoms with E-state index in [4.69, 9.17) is 9.97 Å². The summed E-state index contributed by atoms with van der Waals surface area (Å²) in [4.78, 5) is 29.7. The largest absolute Gasteiger partial charge is 0.618 e. The van der Waals surface area contributed by atoms with E-state index in [0.29, 0.717) is 35.7 Å². The smallest absolute Gasteiger partial charge is 0.435 e. The van der Waals surface area contributed by atoms with Crippen LogP contribution in [0.5, 0.6) is 0 Å². The zero-order valence-corrected chi connectivity index (χ0v) is 24.4. The second-order valence-corrected chi connectivity index (χ2v) is 12.0. The SMILES string of the molecule is Cc1cccc2c1Cc1nc(Sc3cnc4ccc[n+]([O-])c4c3)nc(N3CC(CNC(=O)c4cn(C)nc4C(F)(F)F)C3)c1-2. The molecule has 1 aliphatic carbocycles. The number of benzene rings is 1. The molecule has 1 aromatic carbocycles. The Morgan fingerprint density at radius 2 is 2.02 bits per heavy atom. The van der Waals surface area contributed by atoms with Gasteiger partial charge in [-0.25, -0.2) is 15.0 Å². The molecule has 0 radical (unpaired) electrons. The van der Waals surface area contributed by atoms with Crippen LogP contribution in [0.3, 0.4) is 0 Å². The van der Waals surface area contributed by atoms with E-state index in [1.54, 1.807) is 24.4 Å². The van der Waals surface area contributed by atoms with Crippen molar-refractivity contribution in [2.24, 2.45) is 13.0 Å². The van der Waals surface area contributed by atoms with Gasteiger partial charge in [-0.2, -0.15) is 23.0 Å². The monoisotopic (exact) mass is 618 g/mol. The maximum Gasteiger partial charge on any atom is 0.435 e. The lowest BCUT2D eigenvalue weighted by atomic mass is 9.97. The fourth-order valence-corrected chi connectivity index (χ4v) is 6.54. The molecule has 0 spiro atoms. The molecule has 10 nitrogen and oxygen atoms in total. The number of nitrogens with one attached hydrogen (secondary N) is 1. The van der Waals surface area contributed by atoms with Gasteiger partial charge in [0.2, 0.25) is 5.52 Å². The summed E-state index contributed by atoms with van der Waals surface area (Å²) in [6.07, 6.45) is 0.137. The van der Waals surface area contributed by atoms with Crippen molar-refractivity contribution in [3.05, 3.63) is 88.3 Å². The second kappa shape index (κ2) is 10.5. The zero-order valence-electron chi connectivity index (χ0n) is 23.6. The number of carbonyl (C=O) groups excluding carboxylic acids is 1. The summed E-state index contributed by atoms with van der Waals surface area (Å²) in [6, 6.07) is 11.3. The summed E-state index contributed by atoms with van der Waals surface area (Å²) < 4.78 is 41.8. The van der Waals surface area contributed by atoms with Crippen molar-refractivity contribution in [1.29, 1.82) is 0 Å². The summed E-state index contributed by atoms with van der Waals surface area (Å²) >= 11 is 1.32. The first-order chi connectivity index (χ1) is 21.0. The van der Waals surface area contributed by atoms with Gasteiger partial charge < -0.3 is 15.4 Å². The summed E-state index contributed by atoms with van der Waals surface area (Å²) in [6.45, 7) is 3.40. The number of alkyl halides is 3. The Morgan fingerprint density at radius 3 is 2.82 bits per heavy atom. The van der Waals surface area contributed by atoms with Crippen molar-refractivity contribution in [3.8, 4) is 11.1 Å². The predicted molar refractivity (Wildman–Crippen MR) is 156 cm³/mol. The quantitative estimate of drug-likeness (QED) is 0.167. The van der Waals surface area contributed by atoms with Crippen LogP contribution in [0.25, 0.3) is 22.2 Å². The van der Waals surface area contributed by atoms with Gasteiger partial charge in [0.25, 0.3) is 5.91 Å². The van der Waals surface area contributed by atoms with Crippen LogP contribution in [0.2, 0.25) is 0 Å². The number of nitrogens with zero attached hydrogens (tertiary/aromatic N) is 7. The number of aromatic nitrogens is 6. The maximum atomic E-state index is 13.3. The fraction of sp³-hybridized carbons (Fsp3) is 0.267. The van der Waals surface area contributed by atoms with Gasteiger partial charge >= 0.3 is 6.18 Å². The van der Waals surface area contributed by atoms with Crippen molar-refractivity contribution >= 4 is 34.5 Å². The molecule has 2 aliphatic rings. The molecule has 44 heavy (non-hydrogen) atoms. The number of carbonyl (C=O) groups is 1. The van der Waals surface area contributed by atoms with Crippen LogP contribution >= 0.6 is 11.8 Å². The van der Waals surface area contributed by atoms with Gasteiger partial charge in [-0.3, -0.25) is 9.48 Å². The topological polar surface area (TPSA) is 116 Å². The van der Waals surface area contributed by atoms with Crippen LogP contribution in [0.4, 0.5) is 19.0 Å². The molecule has 0 saturated carbocycles. The molecule has 1 N–H and O–H groups in total. The number of amides is 1. The van der Waals surface area contributed by atoms with E-state index >= 15 is 0 Å². The number of pyridine rings is 2. The Hall–Kier alpha value is -4.72. The van der Waals surface area contributed by atoms with Crippen molar-refractivity contribution in [2.45, 2.75) is 29.6 Å². The molecule has 7 rings (SSSR count). The first-order valence-corrected chi connectivity index (χ1v) is 14.7. The Morgan fingerprint density at radius 1 is 1.20 bits per heavy atom. The summed E-state index contributed by atoms with van der Waals surface area (Å²) in [7, 11) is 1.35. The second-order valence-electron chi connectivity index (χ2n) is 11.0. The number of hydrogen-bond acceptors (Lipinski definition) is 8. The highest BCUT2D eigenvalue weighted by atomic mass is 32.2. The van der Waals surface area contributed by atoms with Crippen LogP contribution in [0.15, 0.2) is 65.0 Å². The molecule has 5 aromatic rings. The molecule has 224 valence electrons. The highest BCUT2D eigenvalue weighted by molar-refractivity contribution is 7.99. The van der Waals surface area contributed by atoms with E-state index in [9.17, 15) is 23.2 Å². The molecule has 1 fully saturated rings. The third-order valence-electron chi connectivity index (χ3n) is 7.91. The summed E-state index contributed by atoms with van der Waals surface area (Å²) in [5, 5.41) is 18.9. The molecule has 14 heteroatoms. The highest BCUT2D eigenvalue weighted by Crippen LogP contribution is 2.45. The van der Waals surface area contributed by atoms with E-state index in [1.165, 1.54) is 30.6 Å². The van der Waals surface area contributed by atoms with E-state index in [0.717, 1.165) is 48.7 Å². The number of anilines is 1. The summed E-state index contributed by atoms with van der Waals surface area (Å²) in [5.74, 6) is -0.0239. The van der Waals surface area contributed by atoms with Crippen molar-refractivity contribution in [1.82, 2.24) is 30.0 Å². The molecular weight excluding hydrogens is 593 g/mol. The van der Waals surface area contributed by atoms with Gasteiger partial charge in [0, 0.05) is 74.0 Å². The van der Waals surface area contributed by atoms with E-state index in [2.05, 4.69) is 39.4 Å². The summed E-state index contributed by atoms with van der Waals surface area (Å²) in [5.41, 5.74) is 4.66. The van der Waals surface area contributed by atoms with Gasteiger partial charge in [-0.1, -0.05) is 18.2 Å². The van der Waals surface area contributed by atoms with Gasteiger partial charge in [0.05, 0.1) is 11.3 Å². The molecule has 1 amide bonds. The third-order valence-corrected chi connectivity index (χ3v) is 8.74. The lowest BCUT2D eigenvalue weighted by molar-refractivity contribution is -0.577. The number of fused-ring (bicyclic) bond motifs is 4. The number of halogens is 3. The lowest BCUT2D eigenvalue weighted by Gasteiger charge is -2.41. The minimum atomic E-state index is -4.72. The standard InChI is InChI=1S/C30H25F3N8O2S/c1-16-5-3-6-19-20(16)10-23-25(19)27(37-29(36-23)44-18-9-24-22(34-12-18)7-4-8-41(24)43)40-13-17(14-40)11-35-28(42)21-15-39(2)38-26(21)30(31,32)33/h3-9,12,15,17H,10-11,13-14H2,1-2H3,(H,35,42). The predicted octanol–water partition coefficient (Wildman–Crippen LogP) is 4.31. The molecule has 1 aliphatic heterocycles. The van der Waals surface area contributed by atoms with Gasteiger partial charge in [-0.15, -0.1) is 0 Å². The Bertz CT molecular complexity index is 1960. The van der Waals surface area contributed by atoms with Gasteiger partial charge in [0.15, 0.2) is 17.0 Å². The van der Waals surface area contributed by atoms with Crippen molar-refractivity contribution < 1.29 is 22.7 Å². The number of rotatable bonds is 6. The number of aryl methyl sites for hydroxylation is 2. The Balaban J connectivity index is 1.13. The molecule has 0 atom stereocenters. The van der Waals surface area contributed by atoms with Crippen LogP contribution in [0.1, 0.15) is 32.9 Å². The average Bonchev–Trinajstić information content (AvgIpc) is 3.54. The minimum absolute atomic E-state index is 0.0160. The number of hydrogen-bond donors (Lipinski definition) is 1. The first-order valence-electron chi connectivity index (χ1n) is 13.8. The fourth-order valence-electron chi connectivity index (χ4n) is 5.76. The van der Waals surface area contributed by atoms with E-state index < -0.39 is 23.3 Å². The van der Waals surface area contributed by atoms with Crippen molar-refractivity contribution in [3.63, 3.8) is 0 Å². The van der Waals surface area contributed by atoms with Crippen LogP contribution in [-0.4, -0.2) is 50.3 Å². The normalized spacial score (nSPS) is 14.4. The molecule has 4 aromatic heterocycles. The maximum absolute atomic E-state index is 13.3. The first kappa shape index (κ1) is 28.1. The average molecular weight is 619 g/mol. The minimum Gasteiger partial charge on any atom is -0.618 e. The molecule has 0 bridgehead atoms. The van der Waals surface area contributed by atoms with E-state index in [1.807, 2.05) is 6.07 Å². The Kier molecular flexibility index (Phi) is 6.68. The molecule has 1 saturated heterocycles. The molecular formula is C30H25F3N8O2S.